The summed E-state index contributed by atoms with van der Waals surface area (Å²) in [5, 5.41) is 8.22. The molecule has 0 spiro atoms. The van der Waals surface area contributed by atoms with Gasteiger partial charge in [-0.25, -0.2) is 0 Å². The van der Waals surface area contributed by atoms with Gasteiger partial charge in [-0.1, -0.05) is 0 Å². The van der Waals surface area contributed by atoms with Gasteiger partial charge in [-0.05, 0) is 68.6 Å². The van der Waals surface area contributed by atoms with Crippen LogP contribution in [-0.4, -0.2) is 23.0 Å². The van der Waals surface area contributed by atoms with Crippen LogP contribution in [0, 0.1) is 23.7 Å². The van der Waals surface area contributed by atoms with Crippen LogP contribution in [0.5, 0.6) is 0 Å². The summed E-state index contributed by atoms with van der Waals surface area (Å²) in [7, 11) is 0. The Bertz CT molecular complexity index is 314. The second-order valence-corrected chi connectivity index (χ2v) is 6.83. The predicted octanol–water partition coefficient (Wildman–Crippen LogP) is 1.50. The summed E-state index contributed by atoms with van der Waals surface area (Å²) in [6.45, 7) is 0. The topological polar surface area (TPSA) is 106 Å². The van der Waals surface area contributed by atoms with Crippen molar-refractivity contribution >= 4 is 11.9 Å². The molecule has 1 unspecified atom stereocenters. The van der Waals surface area contributed by atoms with E-state index in [2.05, 4.69) is 0 Å². The summed E-state index contributed by atoms with van der Waals surface area (Å²) >= 11 is 0. The molecule has 4 rings (SSSR count). The van der Waals surface area contributed by atoms with Crippen molar-refractivity contribution in [2.75, 3.05) is 0 Å². The summed E-state index contributed by atoms with van der Waals surface area (Å²) in [5.74, 6) is 3.07. The molecule has 0 aromatic rings. The molecule has 1 atom stereocenters. The number of hydrogen-bond donors (Lipinski definition) is 3. The maximum atomic E-state index is 10.1. The van der Waals surface area contributed by atoms with Gasteiger partial charge in [-0.3, -0.25) is 9.59 Å². The molecule has 0 aliphatic heterocycles. The highest BCUT2D eigenvalue weighted by Crippen LogP contribution is 2.53. The molecule has 5 nitrogen and oxygen atoms in total. The Balaban J connectivity index is 0.000000147. The van der Waals surface area contributed by atoms with Gasteiger partial charge in [-0.15, -0.1) is 0 Å². The highest BCUT2D eigenvalue weighted by molar-refractivity contribution is 5.76. The molecule has 20 heavy (non-hydrogen) atoms. The minimum atomic E-state index is -1.11. The Morgan fingerprint density at radius 1 is 0.950 bits per heavy atom. The van der Waals surface area contributed by atoms with Crippen LogP contribution < -0.4 is 11.5 Å². The van der Waals surface area contributed by atoms with Crippen LogP contribution in [0.25, 0.3) is 0 Å². The third-order valence-corrected chi connectivity index (χ3v) is 5.02. The van der Waals surface area contributed by atoms with Crippen molar-refractivity contribution in [2.45, 2.75) is 57.4 Å². The number of carboxylic acids is 1. The Morgan fingerprint density at radius 2 is 1.30 bits per heavy atom. The van der Waals surface area contributed by atoms with Crippen molar-refractivity contribution in [3.63, 3.8) is 0 Å². The number of amides is 1. The number of aliphatic carboxylic acids is 1. The Morgan fingerprint density at radius 3 is 1.55 bits per heavy atom. The van der Waals surface area contributed by atoms with Gasteiger partial charge in [0.1, 0.15) is 6.04 Å². The number of hydrogen-bond acceptors (Lipinski definition) is 3. The second kappa shape index (κ2) is 6.57. The fraction of sp³-hybridized carbons (Fsp3) is 0.867. The number of primary amides is 1. The molecule has 5 N–H and O–H groups in total. The van der Waals surface area contributed by atoms with E-state index >= 15 is 0 Å². The normalized spacial score (nSPS) is 35.0. The van der Waals surface area contributed by atoms with E-state index < -0.39 is 17.9 Å². The van der Waals surface area contributed by atoms with E-state index in [1.165, 1.54) is 23.7 Å². The Labute approximate surface area is 120 Å². The van der Waals surface area contributed by atoms with Gasteiger partial charge in [0, 0.05) is 6.42 Å². The molecule has 5 heteroatoms. The molecule has 4 bridgehead atoms. The van der Waals surface area contributed by atoms with Crippen molar-refractivity contribution in [1.29, 1.82) is 0 Å². The van der Waals surface area contributed by atoms with E-state index in [1.54, 1.807) is 38.5 Å². The fourth-order valence-corrected chi connectivity index (χ4v) is 4.40. The van der Waals surface area contributed by atoms with E-state index in [0.717, 1.165) is 0 Å². The van der Waals surface area contributed by atoms with Crippen molar-refractivity contribution in [3.05, 3.63) is 0 Å². The smallest absolute Gasteiger partial charge is 0.320 e. The molecular formula is C15H26N2O3. The molecule has 0 heterocycles. The maximum Gasteiger partial charge on any atom is 0.320 e. The molecule has 114 valence electrons. The quantitative estimate of drug-likeness (QED) is 0.726. The molecule has 0 saturated heterocycles. The molecule has 4 aliphatic rings. The van der Waals surface area contributed by atoms with Crippen LogP contribution >= 0.6 is 0 Å². The first-order chi connectivity index (χ1) is 9.44. The Kier molecular flexibility index (Phi) is 5.02. The average Bonchev–Trinajstić information content (AvgIpc) is 2.34. The average molecular weight is 282 g/mol. The largest absolute Gasteiger partial charge is 0.480 e. The lowest BCUT2D eigenvalue weighted by Crippen LogP contribution is -2.38. The molecule has 1 amide bonds. The minimum absolute atomic E-state index is 0.0213. The van der Waals surface area contributed by atoms with Crippen LogP contribution in [0.15, 0.2) is 0 Å². The third kappa shape index (κ3) is 4.20. The monoisotopic (exact) mass is 282 g/mol. The van der Waals surface area contributed by atoms with E-state index in [0.29, 0.717) is 0 Å². The number of rotatable bonds is 4. The van der Waals surface area contributed by atoms with E-state index in [9.17, 15) is 9.59 Å². The molecule has 4 aliphatic carbocycles. The van der Waals surface area contributed by atoms with Gasteiger partial charge in [-0.2, -0.15) is 0 Å². The summed E-state index contributed by atoms with van der Waals surface area (Å²) < 4.78 is 0. The fourth-order valence-electron chi connectivity index (χ4n) is 4.40. The SMILES string of the molecule is C1C2CC3CC1CC(C2)C3.NC(=O)CCC(N)C(=O)O. The zero-order chi connectivity index (χ0) is 14.7. The van der Waals surface area contributed by atoms with Crippen molar-refractivity contribution < 1.29 is 14.7 Å². The molecule has 4 fully saturated rings. The summed E-state index contributed by atoms with van der Waals surface area (Å²) in [4.78, 5) is 20.1. The lowest BCUT2D eigenvalue weighted by Gasteiger charge is -2.49. The molecule has 4 saturated carbocycles. The molecular weight excluding hydrogens is 256 g/mol. The number of carbonyl (C=O) groups is 2. The second-order valence-electron chi connectivity index (χ2n) is 6.83. The zero-order valence-corrected chi connectivity index (χ0v) is 12.0. The first kappa shape index (κ1) is 15.3. The van der Waals surface area contributed by atoms with Crippen molar-refractivity contribution in [2.24, 2.45) is 35.1 Å². The summed E-state index contributed by atoms with van der Waals surface area (Å²) in [6.07, 6.45) is 9.75. The van der Waals surface area contributed by atoms with E-state index in [4.69, 9.17) is 16.6 Å². The first-order valence-electron chi connectivity index (χ1n) is 7.70. The van der Waals surface area contributed by atoms with Crippen molar-refractivity contribution in [3.8, 4) is 0 Å². The van der Waals surface area contributed by atoms with Gasteiger partial charge >= 0.3 is 5.97 Å². The van der Waals surface area contributed by atoms with Crippen LogP contribution in [0.4, 0.5) is 0 Å². The van der Waals surface area contributed by atoms with Gasteiger partial charge < -0.3 is 16.6 Å². The highest BCUT2D eigenvalue weighted by atomic mass is 16.4. The van der Waals surface area contributed by atoms with Crippen LogP contribution in [0.2, 0.25) is 0 Å². The first-order valence-corrected chi connectivity index (χ1v) is 7.70. The molecule has 0 aromatic carbocycles. The summed E-state index contributed by atoms with van der Waals surface area (Å²) in [5.41, 5.74) is 9.81. The van der Waals surface area contributed by atoms with Crippen molar-refractivity contribution in [1.82, 2.24) is 0 Å². The van der Waals surface area contributed by atoms with E-state index in [1.807, 2.05) is 0 Å². The predicted molar refractivity (Wildman–Crippen MR) is 75.7 cm³/mol. The lowest BCUT2D eigenvalue weighted by atomic mass is 9.56. The Hall–Kier alpha value is -1.10. The third-order valence-electron chi connectivity index (χ3n) is 5.02. The van der Waals surface area contributed by atoms with Gasteiger partial charge in [0.2, 0.25) is 5.91 Å². The maximum absolute atomic E-state index is 10.1. The van der Waals surface area contributed by atoms with Crippen LogP contribution in [0.3, 0.4) is 0 Å². The van der Waals surface area contributed by atoms with E-state index in [-0.39, 0.29) is 12.8 Å². The number of carboxylic acid groups (broad SMARTS) is 1. The molecule has 0 radical (unpaired) electrons. The standard InChI is InChI=1S/C10H16.C5H10N2O3/c1-7-2-9-4-8(1)5-10(3-7)6-9;6-3(5(9)10)1-2-4(7)8/h7-10H,1-6H2;3H,1-2,6H2,(H2,7,8)(H,9,10). The molecule has 0 aromatic heterocycles. The highest BCUT2D eigenvalue weighted by Gasteiger charge is 2.41. The zero-order valence-electron chi connectivity index (χ0n) is 12.0. The van der Waals surface area contributed by atoms with Gasteiger partial charge in [0.05, 0.1) is 0 Å². The summed E-state index contributed by atoms with van der Waals surface area (Å²) in [6, 6.07) is -0.979. The minimum Gasteiger partial charge on any atom is -0.480 e. The lowest BCUT2D eigenvalue weighted by molar-refractivity contribution is -0.138. The van der Waals surface area contributed by atoms with Gasteiger partial charge in [0.25, 0.3) is 0 Å². The van der Waals surface area contributed by atoms with Gasteiger partial charge in [0.15, 0.2) is 0 Å². The number of nitrogens with two attached hydrogens (primary N) is 2. The number of carbonyl (C=O) groups excluding carboxylic acids is 1. The van der Waals surface area contributed by atoms with Crippen LogP contribution in [-0.2, 0) is 9.59 Å². The van der Waals surface area contributed by atoms with Crippen LogP contribution in [0.1, 0.15) is 51.4 Å².